The van der Waals surface area contributed by atoms with Gasteiger partial charge in [0.2, 0.25) is 0 Å². The molecule has 0 aliphatic carbocycles. The number of phenolic OH excluding ortho intramolecular Hbond substituents is 1. The molecular formula is C17H19NO3. The van der Waals surface area contributed by atoms with Gasteiger partial charge in [0.15, 0.2) is 0 Å². The lowest BCUT2D eigenvalue weighted by atomic mass is 10.2. The second-order valence-corrected chi connectivity index (χ2v) is 4.73. The van der Waals surface area contributed by atoms with Crippen molar-refractivity contribution < 1.29 is 14.6 Å². The van der Waals surface area contributed by atoms with Crippen LogP contribution in [0.2, 0.25) is 0 Å². The van der Waals surface area contributed by atoms with Crippen molar-refractivity contribution in [2.45, 2.75) is 19.8 Å². The van der Waals surface area contributed by atoms with E-state index in [-0.39, 0.29) is 11.7 Å². The second kappa shape index (κ2) is 7.33. The number of benzene rings is 2. The summed E-state index contributed by atoms with van der Waals surface area (Å²) in [6.07, 6.45) is 2.11. The third kappa shape index (κ3) is 4.53. The summed E-state index contributed by atoms with van der Waals surface area (Å²) in [6, 6.07) is 13.4. The zero-order valence-electron chi connectivity index (χ0n) is 12.0. The standard InChI is InChI=1S/C17H19NO3/c1-2-3-12-21-16-10-4-13(5-11-16)17(20)18-14-6-8-15(19)9-7-14/h4-11,19H,2-3,12H2,1H3,(H,18,20). The van der Waals surface area contributed by atoms with Gasteiger partial charge in [0.05, 0.1) is 6.61 Å². The molecule has 0 aliphatic heterocycles. The highest BCUT2D eigenvalue weighted by atomic mass is 16.5. The van der Waals surface area contributed by atoms with Gasteiger partial charge in [-0.2, -0.15) is 0 Å². The molecule has 0 radical (unpaired) electrons. The van der Waals surface area contributed by atoms with E-state index >= 15 is 0 Å². The fourth-order valence-corrected chi connectivity index (χ4v) is 1.78. The lowest BCUT2D eigenvalue weighted by Gasteiger charge is -2.07. The average Bonchev–Trinajstić information content (AvgIpc) is 2.50. The molecule has 4 nitrogen and oxygen atoms in total. The molecular weight excluding hydrogens is 266 g/mol. The van der Waals surface area contributed by atoms with Crippen LogP contribution < -0.4 is 10.1 Å². The highest BCUT2D eigenvalue weighted by Gasteiger charge is 2.06. The van der Waals surface area contributed by atoms with E-state index in [0.29, 0.717) is 17.9 Å². The number of phenols is 1. The zero-order chi connectivity index (χ0) is 15.1. The Bertz CT molecular complexity index is 576. The normalized spacial score (nSPS) is 10.1. The zero-order valence-corrected chi connectivity index (χ0v) is 12.0. The summed E-state index contributed by atoms with van der Waals surface area (Å²) in [5, 5.41) is 12.0. The van der Waals surface area contributed by atoms with Crippen LogP contribution in [0.4, 0.5) is 5.69 Å². The van der Waals surface area contributed by atoms with Gasteiger partial charge in [-0.25, -0.2) is 0 Å². The van der Waals surface area contributed by atoms with Gasteiger partial charge in [-0.1, -0.05) is 13.3 Å². The lowest BCUT2D eigenvalue weighted by molar-refractivity contribution is 0.102. The largest absolute Gasteiger partial charge is 0.508 e. The first kappa shape index (κ1) is 14.9. The van der Waals surface area contributed by atoms with Crippen LogP contribution >= 0.6 is 0 Å². The highest BCUT2D eigenvalue weighted by molar-refractivity contribution is 6.04. The Morgan fingerprint density at radius 1 is 1.10 bits per heavy atom. The van der Waals surface area contributed by atoms with Gasteiger partial charge in [0.25, 0.3) is 5.91 Å². The van der Waals surface area contributed by atoms with Gasteiger partial charge in [0.1, 0.15) is 11.5 Å². The van der Waals surface area contributed by atoms with E-state index in [2.05, 4.69) is 12.2 Å². The van der Waals surface area contributed by atoms with Crippen LogP contribution in [-0.4, -0.2) is 17.6 Å². The molecule has 0 aromatic heterocycles. The number of nitrogens with one attached hydrogen (secondary N) is 1. The average molecular weight is 285 g/mol. The van der Waals surface area contributed by atoms with Crippen LogP contribution in [0, 0.1) is 0 Å². The number of ether oxygens (including phenoxy) is 1. The van der Waals surface area contributed by atoms with Crippen molar-refractivity contribution in [3.63, 3.8) is 0 Å². The third-order valence-corrected chi connectivity index (χ3v) is 3.01. The number of amides is 1. The van der Waals surface area contributed by atoms with Crippen LogP contribution in [0.5, 0.6) is 11.5 Å². The van der Waals surface area contributed by atoms with Crippen molar-refractivity contribution >= 4 is 11.6 Å². The second-order valence-electron chi connectivity index (χ2n) is 4.73. The van der Waals surface area contributed by atoms with Gasteiger partial charge >= 0.3 is 0 Å². The Balaban J connectivity index is 1.94. The molecule has 0 fully saturated rings. The molecule has 2 rings (SSSR count). The molecule has 21 heavy (non-hydrogen) atoms. The Labute approximate surface area is 124 Å². The maximum Gasteiger partial charge on any atom is 0.255 e. The Kier molecular flexibility index (Phi) is 5.21. The van der Waals surface area contributed by atoms with Crippen molar-refractivity contribution in [1.29, 1.82) is 0 Å². The third-order valence-electron chi connectivity index (χ3n) is 3.01. The minimum absolute atomic E-state index is 0.168. The summed E-state index contributed by atoms with van der Waals surface area (Å²) in [5.41, 5.74) is 1.20. The van der Waals surface area contributed by atoms with Crippen LogP contribution in [0.1, 0.15) is 30.1 Å². The first-order chi connectivity index (χ1) is 10.2. The van der Waals surface area contributed by atoms with Crippen molar-refractivity contribution in [1.82, 2.24) is 0 Å². The molecule has 0 atom stereocenters. The van der Waals surface area contributed by atoms with Gasteiger partial charge < -0.3 is 15.2 Å². The Hall–Kier alpha value is -2.49. The molecule has 0 spiro atoms. The number of carbonyl (C=O) groups excluding carboxylic acids is 1. The van der Waals surface area contributed by atoms with Crippen LogP contribution in [0.15, 0.2) is 48.5 Å². The topological polar surface area (TPSA) is 58.6 Å². The molecule has 2 aromatic rings. The molecule has 1 amide bonds. The van der Waals surface area contributed by atoms with Crippen molar-refractivity contribution in [2.24, 2.45) is 0 Å². The van der Waals surface area contributed by atoms with Crippen molar-refractivity contribution in [2.75, 3.05) is 11.9 Å². The SMILES string of the molecule is CCCCOc1ccc(C(=O)Nc2ccc(O)cc2)cc1. The van der Waals surface area contributed by atoms with Gasteiger partial charge in [0, 0.05) is 11.3 Å². The molecule has 2 aromatic carbocycles. The summed E-state index contributed by atoms with van der Waals surface area (Å²) < 4.78 is 5.55. The summed E-state index contributed by atoms with van der Waals surface area (Å²) >= 11 is 0. The number of aromatic hydroxyl groups is 1. The number of carbonyl (C=O) groups is 1. The number of hydrogen-bond acceptors (Lipinski definition) is 3. The molecule has 0 unspecified atom stereocenters. The van der Waals surface area contributed by atoms with Crippen LogP contribution in [-0.2, 0) is 0 Å². The molecule has 110 valence electrons. The van der Waals surface area contributed by atoms with E-state index < -0.39 is 0 Å². The maximum atomic E-state index is 12.1. The van der Waals surface area contributed by atoms with E-state index in [4.69, 9.17) is 4.74 Å². The predicted octanol–water partition coefficient (Wildman–Crippen LogP) is 3.82. The van der Waals surface area contributed by atoms with Gasteiger partial charge in [-0.15, -0.1) is 0 Å². The fraction of sp³-hybridized carbons (Fsp3) is 0.235. The fourth-order valence-electron chi connectivity index (χ4n) is 1.78. The van der Waals surface area contributed by atoms with Crippen molar-refractivity contribution in [3.8, 4) is 11.5 Å². The quantitative estimate of drug-likeness (QED) is 0.626. The number of hydrogen-bond donors (Lipinski definition) is 2. The van der Waals surface area contributed by atoms with E-state index in [1.165, 1.54) is 12.1 Å². The monoisotopic (exact) mass is 285 g/mol. The van der Waals surface area contributed by atoms with Crippen LogP contribution in [0.25, 0.3) is 0 Å². The maximum absolute atomic E-state index is 12.1. The first-order valence-corrected chi connectivity index (χ1v) is 7.02. The van der Waals surface area contributed by atoms with Crippen molar-refractivity contribution in [3.05, 3.63) is 54.1 Å². The first-order valence-electron chi connectivity index (χ1n) is 7.02. The molecule has 0 heterocycles. The number of anilines is 1. The molecule has 0 saturated carbocycles. The van der Waals surface area contributed by atoms with E-state index in [9.17, 15) is 9.90 Å². The summed E-state index contributed by atoms with van der Waals surface area (Å²) in [6.45, 7) is 2.80. The highest BCUT2D eigenvalue weighted by Crippen LogP contribution is 2.16. The summed E-state index contributed by atoms with van der Waals surface area (Å²) in [7, 11) is 0. The minimum Gasteiger partial charge on any atom is -0.508 e. The van der Waals surface area contributed by atoms with Gasteiger partial charge in [-0.05, 0) is 55.0 Å². The summed E-state index contributed by atoms with van der Waals surface area (Å²) in [5.74, 6) is 0.743. The minimum atomic E-state index is -0.194. The molecule has 0 bridgehead atoms. The summed E-state index contributed by atoms with van der Waals surface area (Å²) in [4.78, 5) is 12.1. The predicted molar refractivity (Wildman–Crippen MR) is 82.9 cm³/mol. The molecule has 4 heteroatoms. The van der Waals surface area contributed by atoms with E-state index in [1.807, 2.05) is 0 Å². The Morgan fingerprint density at radius 2 is 1.76 bits per heavy atom. The van der Waals surface area contributed by atoms with Crippen LogP contribution in [0.3, 0.4) is 0 Å². The Morgan fingerprint density at radius 3 is 2.38 bits per heavy atom. The molecule has 0 aliphatic rings. The van der Waals surface area contributed by atoms with E-state index in [1.54, 1.807) is 36.4 Å². The van der Waals surface area contributed by atoms with E-state index in [0.717, 1.165) is 18.6 Å². The molecule has 2 N–H and O–H groups in total. The molecule has 0 saturated heterocycles. The number of unbranched alkanes of at least 4 members (excludes halogenated alkanes) is 1. The van der Waals surface area contributed by atoms with Gasteiger partial charge in [-0.3, -0.25) is 4.79 Å². The number of rotatable bonds is 6. The smallest absolute Gasteiger partial charge is 0.255 e. The lowest BCUT2D eigenvalue weighted by Crippen LogP contribution is -2.11.